The van der Waals surface area contributed by atoms with Gasteiger partial charge in [-0.25, -0.2) is 4.68 Å². The first kappa shape index (κ1) is 12.5. The van der Waals surface area contributed by atoms with E-state index in [-0.39, 0.29) is 5.38 Å². The number of halogens is 1. The van der Waals surface area contributed by atoms with Crippen molar-refractivity contribution in [3.8, 4) is 0 Å². The molecule has 0 bridgehead atoms. The van der Waals surface area contributed by atoms with E-state index in [0.717, 1.165) is 25.1 Å². The molecule has 1 aromatic heterocycles. The smallest absolute Gasteiger partial charge is 0.101 e. The van der Waals surface area contributed by atoms with E-state index in [0.29, 0.717) is 6.04 Å². The number of hydrogen-bond donors (Lipinski definition) is 0. The third kappa shape index (κ3) is 3.47. The molecule has 1 heterocycles. The number of hydrogen-bond acceptors (Lipinski definition) is 3. The first-order valence-corrected chi connectivity index (χ1v) is 5.67. The van der Waals surface area contributed by atoms with Crippen molar-refractivity contribution in [2.75, 3.05) is 13.7 Å². The predicted octanol–water partition coefficient (Wildman–Crippen LogP) is 2.57. The van der Waals surface area contributed by atoms with Crippen molar-refractivity contribution in [2.45, 2.75) is 38.1 Å². The van der Waals surface area contributed by atoms with Gasteiger partial charge in [0.15, 0.2) is 0 Å². The quantitative estimate of drug-likeness (QED) is 0.707. The molecule has 0 fully saturated rings. The van der Waals surface area contributed by atoms with Crippen molar-refractivity contribution in [3.05, 3.63) is 11.9 Å². The van der Waals surface area contributed by atoms with Crippen molar-refractivity contribution in [1.82, 2.24) is 15.0 Å². The number of nitrogens with zero attached hydrogens (tertiary/aromatic N) is 3. The van der Waals surface area contributed by atoms with Crippen LogP contribution >= 0.6 is 11.6 Å². The highest BCUT2D eigenvalue weighted by Crippen LogP contribution is 2.22. The highest BCUT2D eigenvalue weighted by Gasteiger charge is 2.12. The van der Waals surface area contributed by atoms with Crippen LogP contribution in [0, 0.1) is 0 Å². The van der Waals surface area contributed by atoms with Crippen molar-refractivity contribution < 1.29 is 4.74 Å². The topological polar surface area (TPSA) is 39.9 Å². The van der Waals surface area contributed by atoms with Crippen molar-refractivity contribution in [1.29, 1.82) is 0 Å². The molecular formula is C10H18ClN3O. The lowest BCUT2D eigenvalue weighted by atomic mass is 10.2. The fourth-order valence-electron chi connectivity index (χ4n) is 1.28. The van der Waals surface area contributed by atoms with E-state index in [1.165, 1.54) is 0 Å². The van der Waals surface area contributed by atoms with Gasteiger partial charge >= 0.3 is 0 Å². The first-order valence-electron chi connectivity index (χ1n) is 5.23. The molecule has 0 aliphatic heterocycles. The standard InChI is InChI=1S/C10H18ClN3O/c1-4-9(11)10-7-14(13-12-10)8(2)5-6-15-3/h7-9H,4-6H2,1-3H3. The maximum atomic E-state index is 6.07. The maximum Gasteiger partial charge on any atom is 0.101 e. The van der Waals surface area contributed by atoms with Gasteiger partial charge in [-0.2, -0.15) is 0 Å². The molecule has 2 unspecified atom stereocenters. The molecule has 1 aromatic rings. The van der Waals surface area contributed by atoms with E-state index in [1.807, 2.05) is 17.8 Å². The summed E-state index contributed by atoms with van der Waals surface area (Å²) in [7, 11) is 1.70. The molecule has 2 atom stereocenters. The van der Waals surface area contributed by atoms with Gasteiger partial charge in [0.05, 0.1) is 17.6 Å². The normalized spacial score (nSPS) is 15.2. The summed E-state index contributed by atoms with van der Waals surface area (Å²) >= 11 is 6.07. The van der Waals surface area contributed by atoms with Crippen LogP contribution in [0.1, 0.15) is 43.8 Å². The molecule has 0 spiro atoms. The molecule has 0 saturated heterocycles. The minimum Gasteiger partial charge on any atom is -0.385 e. The molecule has 0 radical (unpaired) electrons. The largest absolute Gasteiger partial charge is 0.385 e. The Balaban J connectivity index is 2.58. The average molecular weight is 232 g/mol. The molecule has 0 aromatic carbocycles. The zero-order valence-corrected chi connectivity index (χ0v) is 10.2. The molecule has 15 heavy (non-hydrogen) atoms. The molecule has 0 amide bonds. The van der Waals surface area contributed by atoms with Crippen LogP contribution in [0.15, 0.2) is 6.20 Å². The first-order chi connectivity index (χ1) is 7.19. The van der Waals surface area contributed by atoms with Crippen LogP contribution in [0.3, 0.4) is 0 Å². The van der Waals surface area contributed by atoms with Gasteiger partial charge in [-0.15, -0.1) is 16.7 Å². The van der Waals surface area contributed by atoms with Gasteiger partial charge in [-0.1, -0.05) is 12.1 Å². The molecule has 4 nitrogen and oxygen atoms in total. The molecular weight excluding hydrogens is 214 g/mol. The molecule has 0 aliphatic rings. The lowest BCUT2D eigenvalue weighted by Gasteiger charge is -2.09. The minimum absolute atomic E-state index is 0.0339. The molecule has 86 valence electrons. The molecule has 0 aliphatic carbocycles. The highest BCUT2D eigenvalue weighted by molar-refractivity contribution is 6.20. The maximum absolute atomic E-state index is 6.07. The van der Waals surface area contributed by atoms with Gasteiger partial charge in [-0.3, -0.25) is 0 Å². The Hall–Kier alpha value is -0.610. The van der Waals surface area contributed by atoms with Gasteiger partial charge in [-0.05, 0) is 19.8 Å². The fourth-order valence-corrected chi connectivity index (χ4v) is 1.38. The Bertz CT molecular complexity index is 290. The monoisotopic (exact) mass is 231 g/mol. The van der Waals surface area contributed by atoms with Crippen LogP contribution in [0.2, 0.25) is 0 Å². The fraction of sp³-hybridized carbons (Fsp3) is 0.800. The SMILES string of the molecule is CCC(Cl)c1cn(C(C)CCOC)nn1. The van der Waals surface area contributed by atoms with Crippen LogP contribution in [-0.4, -0.2) is 28.7 Å². The summed E-state index contributed by atoms with van der Waals surface area (Å²) in [5.74, 6) is 0. The number of aromatic nitrogens is 3. The summed E-state index contributed by atoms with van der Waals surface area (Å²) < 4.78 is 6.87. The van der Waals surface area contributed by atoms with Crippen LogP contribution in [-0.2, 0) is 4.74 Å². The van der Waals surface area contributed by atoms with Gasteiger partial charge in [0.25, 0.3) is 0 Å². The Morgan fingerprint density at radius 1 is 1.60 bits per heavy atom. The van der Waals surface area contributed by atoms with Crippen LogP contribution in [0.5, 0.6) is 0 Å². The van der Waals surface area contributed by atoms with E-state index in [4.69, 9.17) is 16.3 Å². The molecule has 1 rings (SSSR count). The third-order valence-electron chi connectivity index (χ3n) is 2.40. The van der Waals surface area contributed by atoms with E-state index >= 15 is 0 Å². The van der Waals surface area contributed by atoms with E-state index in [2.05, 4.69) is 17.2 Å². The number of ether oxygens (including phenoxy) is 1. The Labute approximate surface area is 95.6 Å². The van der Waals surface area contributed by atoms with Crippen LogP contribution in [0.25, 0.3) is 0 Å². The second kappa shape index (κ2) is 6.08. The van der Waals surface area contributed by atoms with Crippen LogP contribution < -0.4 is 0 Å². The molecule has 0 N–H and O–H groups in total. The summed E-state index contributed by atoms with van der Waals surface area (Å²) in [6, 6.07) is 0.298. The Morgan fingerprint density at radius 2 is 2.33 bits per heavy atom. The zero-order chi connectivity index (χ0) is 11.3. The van der Waals surface area contributed by atoms with Gasteiger partial charge in [0.2, 0.25) is 0 Å². The van der Waals surface area contributed by atoms with Crippen molar-refractivity contribution in [2.24, 2.45) is 0 Å². The van der Waals surface area contributed by atoms with Crippen molar-refractivity contribution in [3.63, 3.8) is 0 Å². The summed E-state index contributed by atoms with van der Waals surface area (Å²) in [4.78, 5) is 0. The summed E-state index contributed by atoms with van der Waals surface area (Å²) in [5, 5.41) is 8.09. The second-order valence-electron chi connectivity index (χ2n) is 3.63. The Morgan fingerprint density at radius 3 is 2.93 bits per heavy atom. The average Bonchev–Trinajstić information content (AvgIpc) is 2.74. The summed E-state index contributed by atoms with van der Waals surface area (Å²) in [6.45, 7) is 4.85. The van der Waals surface area contributed by atoms with Gasteiger partial charge in [0.1, 0.15) is 5.69 Å². The van der Waals surface area contributed by atoms with Crippen molar-refractivity contribution >= 4 is 11.6 Å². The van der Waals surface area contributed by atoms with E-state index in [1.54, 1.807) is 7.11 Å². The highest BCUT2D eigenvalue weighted by atomic mass is 35.5. The lowest BCUT2D eigenvalue weighted by Crippen LogP contribution is -2.08. The van der Waals surface area contributed by atoms with Gasteiger partial charge in [0, 0.05) is 13.7 Å². The second-order valence-corrected chi connectivity index (χ2v) is 4.16. The minimum atomic E-state index is -0.0339. The van der Waals surface area contributed by atoms with Crippen LogP contribution in [0.4, 0.5) is 0 Å². The number of rotatable bonds is 6. The van der Waals surface area contributed by atoms with E-state index in [9.17, 15) is 0 Å². The number of alkyl halides is 1. The predicted molar refractivity (Wildman–Crippen MR) is 60.1 cm³/mol. The zero-order valence-electron chi connectivity index (χ0n) is 9.48. The molecule has 0 saturated carbocycles. The number of methoxy groups -OCH3 is 1. The lowest BCUT2D eigenvalue weighted by molar-refractivity contribution is 0.178. The summed E-state index contributed by atoms with van der Waals surface area (Å²) in [5.41, 5.74) is 0.850. The van der Waals surface area contributed by atoms with Gasteiger partial charge < -0.3 is 4.74 Å². The summed E-state index contributed by atoms with van der Waals surface area (Å²) in [6.07, 6.45) is 3.71. The third-order valence-corrected chi connectivity index (χ3v) is 2.93. The van der Waals surface area contributed by atoms with E-state index < -0.39 is 0 Å². The molecule has 5 heteroatoms. The Kier molecular flexibility index (Phi) is 5.05.